The van der Waals surface area contributed by atoms with Crippen molar-refractivity contribution in [3.05, 3.63) is 11.5 Å². The molecule has 6 unspecified atom stereocenters. The van der Waals surface area contributed by atoms with E-state index in [-0.39, 0.29) is 31.4 Å². The third-order valence-electron chi connectivity index (χ3n) is 5.66. The zero-order chi connectivity index (χ0) is 27.3. The van der Waals surface area contributed by atoms with Gasteiger partial charge in [-0.1, -0.05) is 33.1 Å². The average Bonchev–Trinajstić information content (AvgIpc) is 3.14. The molecule has 17 heteroatoms. The largest absolute Gasteiger partial charge is 0.527 e. The quantitative estimate of drug-likeness (QED) is 0.0834. The van der Waals surface area contributed by atoms with Crippen LogP contribution in [-0.4, -0.2) is 85.9 Å². The number of hydrogen-bond donors (Lipinski definition) is 7. The van der Waals surface area contributed by atoms with Gasteiger partial charge in [0.25, 0.3) is 0 Å². The van der Waals surface area contributed by atoms with E-state index >= 15 is 0 Å². The topological polar surface area (TPSA) is 202 Å². The summed E-state index contributed by atoms with van der Waals surface area (Å²) < 4.78 is 50.2. The van der Waals surface area contributed by atoms with Crippen molar-refractivity contribution < 1.29 is 62.2 Å². The van der Waals surface area contributed by atoms with Crippen LogP contribution in [0.25, 0.3) is 0 Å². The summed E-state index contributed by atoms with van der Waals surface area (Å²) >= 11 is 4.06. The number of thiol groups is 1. The zero-order valence-electron chi connectivity index (χ0n) is 20.0. The molecule has 0 saturated carbocycles. The van der Waals surface area contributed by atoms with Crippen LogP contribution in [0.1, 0.15) is 58.8 Å². The lowest BCUT2D eigenvalue weighted by molar-refractivity contribution is -0.0103. The molecule has 6 N–H and O–H groups in total. The number of aliphatic hydroxyl groups is 3. The van der Waals surface area contributed by atoms with Gasteiger partial charge in [0.15, 0.2) is 17.3 Å². The smallest absolute Gasteiger partial charge is 0.477 e. The summed E-state index contributed by atoms with van der Waals surface area (Å²) in [5.74, 6) is -0.632. The van der Waals surface area contributed by atoms with E-state index in [9.17, 15) is 39.1 Å². The lowest BCUT2D eigenvalue weighted by Crippen LogP contribution is -2.34. The fraction of sp³-hybridized carbons (Fsp3) is 0.895. The summed E-state index contributed by atoms with van der Waals surface area (Å²) in [6.45, 7) is 3.67. The Hall–Kier alpha value is -0.145. The number of rotatable bonds is 15. The van der Waals surface area contributed by atoms with Gasteiger partial charge in [0.2, 0.25) is 0 Å². The van der Waals surface area contributed by atoms with Crippen LogP contribution in [-0.2, 0) is 32.2 Å². The van der Waals surface area contributed by atoms with E-state index in [1.807, 2.05) is 6.92 Å². The second kappa shape index (κ2) is 13.8. The molecule has 0 aromatic heterocycles. The highest BCUT2D eigenvalue weighted by Gasteiger charge is 2.44. The first kappa shape index (κ1) is 32.1. The molecule has 1 fully saturated rings. The van der Waals surface area contributed by atoms with Crippen LogP contribution in [0.5, 0.6) is 0 Å². The maximum atomic E-state index is 12.9. The van der Waals surface area contributed by atoms with Crippen molar-refractivity contribution in [3.8, 4) is 0 Å². The maximum Gasteiger partial charge on any atom is 0.527 e. The highest BCUT2D eigenvalue weighted by molar-refractivity contribution is 7.80. The second-order valence-corrected chi connectivity index (χ2v) is 11.8. The van der Waals surface area contributed by atoms with E-state index in [2.05, 4.69) is 12.6 Å². The Balaban J connectivity index is 2.17. The molecule has 2 radical (unpaired) electrons. The van der Waals surface area contributed by atoms with E-state index in [1.54, 1.807) is 6.92 Å². The van der Waals surface area contributed by atoms with Crippen molar-refractivity contribution >= 4 is 36.1 Å². The molecule has 2 heterocycles. The van der Waals surface area contributed by atoms with Gasteiger partial charge >= 0.3 is 15.6 Å². The summed E-state index contributed by atoms with van der Waals surface area (Å²) in [5, 5.41) is 30.3. The first-order valence-electron chi connectivity index (χ1n) is 11.6. The average molecular weight is 576 g/mol. The van der Waals surface area contributed by atoms with Gasteiger partial charge in [0, 0.05) is 18.8 Å². The van der Waals surface area contributed by atoms with Crippen molar-refractivity contribution in [1.82, 2.24) is 0 Å². The van der Waals surface area contributed by atoms with Crippen molar-refractivity contribution in [1.29, 1.82) is 0 Å². The van der Waals surface area contributed by atoms with Crippen LogP contribution in [0, 0.1) is 0 Å². The summed E-state index contributed by atoms with van der Waals surface area (Å²) in [4.78, 5) is 28.9. The Kier molecular flexibility index (Phi) is 12.3. The van der Waals surface area contributed by atoms with Crippen molar-refractivity contribution in [3.63, 3.8) is 0 Å². The molecule has 13 nitrogen and oxygen atoms in total. The van der Waals surface area contributed by atoms with Crippen molar-refractivity contribution in [2.24, 2.45) is 0 Å². The van der Waals surface area contributed by atoms with Crippen LogP contribution in [0.15, 0.2) is 11.5 Å². The highest BCUT2D eigenvalue weighted by Crippen LogP contribution is 2.51. The normalized spacial score (nSPS) is 32.2. The molecular weight excluding hydrogens is 541 g/mol. The molecule has 1 saturated heterocycles. The molecule has 2 aliphatic heterocycles. The number of ether oxygens (including phenoxy) is 2. The Labute approximate surface area is 216 Å². The van der Waals surface area contributed by atoms with Gasteiger partial charge in [0.1, 0.15) is 19.7 Å². The molecule has 0 aromatic rings. The standard InChI is InChI=1S/C19H35BO13P2S/c1-3-5-7-11(31-34(24,25)26)9-13-17(16(23)19(36)30-13)33-35(27,28)32-10(6-4-2)8-12-14(21)15(22)18(20)29-12/h10-12,14-16,18-19,21-23,36H,3-9H2,1-2H3,(H,27,28)(H2,24,25,26)/t10?,11?,12-,14?,15?,16?,18-,19+/m1/s1. The third kappa shape index (κ3) is 9.55. The minimum atomic E-state index is -4.90. The van der Waals surface area contributed by atoms with E-state index in [1.165, 1.54) is 0 Å². The third-order valence-corrected chi connectivity index (χ3v) is 7.61. The number of aliphatic hydroxyl groups excluding tert-OH is 3. The van der Waals surface area contributed by atoms with E-state index in [0.717, 1.165) is 0 Å². The molecule has 0 bridgehead atoms. The second-order valence-electron chi connectivity index (χ2n) is 8.74. The first-order valence-corrected chi connectivity index (χ1v) is 15.2. The molecule has 9 atom stereocenters. The number of unbranched alkanes of at least 4 members (excludes halogenated alkanes) is 1. The van der Waals surface area contributed by atoms with Gasteiger partial charge in [-0.2, -0.15) is 0 Å². The van der Waals surface area contributed by atoms with E-state index in [4.69, 9.17) is 30.9 Å². The Morgan fingerprint density at radius 3 is 2.22 bits per heavy atom. The fourth-order valence-corrected chi connectivity index (χ4v) is 5.84. The zero-order valence-corrected chi connectivity index (χ0v) is 22.7. The Bertz CT molecular complexity index is 842. The SMILES string of the molecule is [B][C@@H]1O[C@H](CC(CCC)OP(=O)(O)OC2=C(CC(CCCC)OP(=O)(O)O)O[C@@H](S)C2O)C(O)C1O. The molecule has 0 amide bonds. The van der Waals surface area contributed by atoms with Gasteiger partial charge in [-0.05, 0) is 12.8 Å². The molecular formula is C19H35BO13P2S. The fourth-order valence-electron chi connectivity index (χ4n) is 3.94. The molecule has 0 spiro atoms. The van der Waals surface area contributed by atoms with Gasteiger partial charge in [-0.25, -0.2) is 9.13 Å². The van der Waals surface area contributed by atoms with Gasteiger partial charge in [0.05, 0.1) is 24.4 Å². The van der Waals surface area contributed by atoms with Crippen LogP contribution in [0.4, 0.5) is 0 Å². The number of phosphoric acid groups is 2. The molecule has 0 aliphatic carbocycles. The summed E-state index contributed by atoms with van der Waals surface area (Å²) in [5.41, 5.74) is -1.17. The highest BCUT2D eigenvalue weighted by atomic mass is 32.1. The minimum absolute atomic E-state index is 0.0803. The van der Waals surface area contributed by atoms with Crippen LogP contribution in [0.3, 0.4) is 0 Å². The monoisotopic (exact) mass is 576 g/mol. The lowest BCUT2D eigenvalue weighted by Gasteiger charge is -2.25. The number of phosphoric ester groups is 2. The molecule has 2 rings (SSSR count). The lowest BCUT2D eigenvalue weighted by atomic mass is 9.92. The van der Waals surface area contributed by atoms with Crippen LogP contribution >= 0.6 is 28.3 Å². The van der Waals surface area contributed by atoms with Crippen LogP contribution < -0.4 is 0 Å². The Morgan fingerprint density at radius 2 is 1.69 bits per heavy atom. The van der Waals surface area contributed by atoms with Gasteiger partial charge in [-0.3, -0.25) is 13.9 Å². The predicted molar refractivity (Wildman–Crippen MR) is 130 cm³/mol. The minimum Gasteiger partial charge on any atom is -0.477 e. The summed E-state index contributed by atoms with van der Waals surface area (Å²) in [7, 11) is -4.17. The molecule has 36 heavy (non-hydrogen) atoms. The van der Waals surface area contributed by atoms with E-state index in [0.29, 0.717) is 19.3 Å². The maximum absolute atomic E-state index is 12.9. The van der Waals surface area contributed by atoms with E-state index < -0.39 is 69.5 Å². The summed E-state index contributed by atoms with van der Waals surface area (Å²) in [6.07, 6.45) is -5.21. The summed E-state index contributed by atoms with van der Waals surface area (Å²) in [6, 6.07) is -1.12. The first-order chi connectivity index (χ1) is 16.7. The van der Waals surface area contributed by atoms with Gasteiger partial charge < -0.3 is 39.1 Å². The molecule has 208 valence electrons. The number of hydrogen-bond acceptors (Lipinski definition) is 11. The van der Waals surface area contributed by atoms with Gasteiger partial charge in [-0.15, -0.1) is 12.6 Å². The Morgan fingerprint density at radius 1 is 1.03 bits per heavy atom. The van der Waals surface area contributed by atoms with Crippen LogP contribution in [0.2, 0.25) is 0 Å². The molecule has 2 aliphatic rings. The predicted octanol–water partition coefficient (Wildman–Crippen LogP) is 1.21. The van der Waals surface area contributed by atoms with Crippen molar-refractivity contribution in [2.75, 3.05) is 0 Å². The molecule has 0 aromatic carbocycles. The van der Waals surface area contributed by atoms with Crippen molar-refractivity contribution in [2.45, 2.75) is 107 Å².